The largest absolute Gasteiger partial charge is 0.417 e. The number of carbonyl (C=O) groups excluding carboxylic acids is 1. The minimum atomic E-state index is -4.55. The lowest BCUT2D eigenvalue weighted by Gasteiger charge is -2.12. The Balaban J connectivity index is 2.13. The first-order chi connectivity index (χ1) is 11.3. The number of amides is 1. The van der Waals surface area contributed by atoms with E-state index in [1.54, 1.807) is 0 Å². The van der Waals surface area contributed by atoms with Gasteiger partial charge < -0.3 is 10.6 Å². The minimum absolute atomic E-state index is 0.126. The second-order valence-corrected chi connectivity index (χ2v) is 5.28. The van der Waals surface area contributed by atoms with Gasteiger partial charge in [0.05, 0.1) is 10.6 Å². The van der Waals surface area contributed by atoms with E-state index in [0.29, 0.717) is 6.54 Å². The first-order valence-corrected chi connectivity index (χ1v) is 7.44. The summed E-state index contributed by atoms with van der Waals surface area (Å²) in [5, 5.41) is 12.5. The van der Waals surface area contributed by atoms with Crippen molar-refractivity contribution in [3.8, 4) is 0 Å². The molecule has 0 atom stereocenters. The van der Waals surface area contributed by atoms with Crippen molar-refractivity contribution in [1.82, 2.24) is 15.5 Å². The Bertz CT molecular complexity index is 720. The smallest absolute Gasteiger partial charge is 0.351 e. The molecule has 9 heteroatoms. The molecule has 1 amide bonds. The van der Waals surface area contributed by atoms with E-state index >= 15 is 0 Å². The number of anilines is 2. The van der Waals surface area contributed by atoms with Gasteiger partial charge in [-0.05, 0) is 36.8 Å². The van der Waals surface area contributed by atoms with Crippen molar-refractivity contribution in [3.63, 3.8) is 0 Å². The van der Waals surface area contributed by atoms with Gasteiger partial charge in [0.1, 0.15) is 0 Å². The van der Waals surface area contributed by atoms with Gasteiger partial charge in [0.15, 0.2) is 11.5 Å². The summed E-state index contributed by atoms with van der Waals surface area (Å²) in [7, 11) is 0. The van der Waals surface area contributed by atoms with Crippen LogP contribution in [0.1, 0.15) is 29.4 Å². The van der Waals surface area contributed by atoms with E-state index in [2.05, 4.69) is 20.8 Å². The van der Waals surface area contributed by atoms with E-state index < -0.39 is 11.7 Å². The average Bonchev–Trinajstić information content (AvgIpc) is 2.54. The molecule has 0 saturated heterocycles. The van der Waals surface area contributed by atoms with Crippen molar-refractivity contribution in [2.75, 3.05) is 11.9 Å². The molecule has 128 valence electrons. The van der Waals surface area contributed by atoms with Crippen LogP contribution in [0.3, 0.4) is 0 Å². The van der Waals surface area contributed by atoms with Gasteiger partial charge in [0.25, 0.3) is 5.91 Å². The van der Waals surface area contributed by atoms with Crippen molar-refractivity contribution >= 4 is 29.0 Å². The van der Waals surface area contributed by atoms with Crippen LogP contribution in [0.4, 0.5) is 24.7 Å². The zero-order valence-electron chi connectivity index (χ0n) is 12.6. The van der Waals surface area contributed by atoms with Gasteiger partial charge in [-0.25, -0.2) is 0 Å². The molecular weight excluding hydrogens is 345 g/mol. The maximum atomic E-state index is 12.8. The highest BCUT2D eigenvalue weighted by Crippen LogP contribution is 2.36. The van der Waals surface area contributed by atoms with Crippen LogP contribution < -0.4 is 10.6 Å². The van der Waals surface area contributed by atoms with Crippen molar-refractivity contribution in [1.29, 1.82) is 0 Å². The summed E-state index contributed by atoms with van der Waals surface area (Å²) in [5.74, 6) is -0.153. The molecule has 0 saturated carbocycles. The van der Waals surface area contributed by atoms with E-state index in [1.165, 1.54) is 18.2 Å². The standard InChI is InChI=1S/C15H14ClF3N4O/c1-2-7-20-14(24)12-5-6-13(23-22-12)21-9-3-4-11(16)10(8-9)15(17,18)19/h3-6,8H,2,7H2,1H3,(H,20,24)(H,21,23). The number of alkyl halides is 3. The Morgan fingerprint density at radius 2 is 1.96 bits per heavy atom. The number of aromatic nitrogens is 2. The van der Waals surface area contributed by atoms with E-state index in [9.17, 15) is 18.0 Å². The SMILES string of the molecule is CCCNC(=O)c1ccc(Nc2ccc(Cl)c(C(F)(F)F)c2)nn1. The quantitative estimate of drug-likeness (QED) is 0.846. The van der Waals surface area contributed by atoms with Gasteiger partial charge >= 0.3 is 6.18 Å². The molecule has 0 aliphatic carbocycles. The van der Waals surface area contributed by atoms with Crippen LogP contribution in [0.5, 0.6) is 0 Å². The monoisotopic (exact) mass is 358 g/mol. The number of hydrogen-bond donors (Lipinski definition) is 2. The highest BCUT2D eigenvalue weighted by molar-refractivity contribution is 6.31. The molecule has 0 aliphatic heterocycles. The molecule has 0 fully saturated rings. The lowest BCUT2D eigenvalue weighted by Crippen LogP contribution is -2.25. The molecule has 5 nitrogen and oxygen atoms in total. The number of carbonyl (C=O) groups is 1. The predicted octanol–water partition coefficient (Wildman–Crippen LogP) is 4.03. The molecule has 0 unspecified atom stereocenters. The van der Waals surface area contributed by atoms with Crippen molar-refractivity contribution in [2.45, 2.75) is 19.5 Å². The van der Waals surface area contributed by atoms with Gasteiger partial charge in [-0.15, -0.1) is 10.2 Å². The zero-order chi connectivity index (χ0) is 17.7. The Hall–Kier alpha value is -2.35. The number of halogens is 4. The van der Waals surface area contributed by atoms with Gasteiger partial charge in [0, 0.05) is 12.2 Å². The fourth-order valence-electron chi connectivity index (χ4n) is 1.82. The van der Waals surface area contributed by atoms with Crippen LogP contribution in [0, 0.1) is 0 Å². The molecular formula is C15H14ClF3N4O. The van der Waals surface area contributed by atoms with Crippen LogP contribution in [0.2, 0.25) is 5.02 Å². The molecule has 0 radical (unpaired) electrons. The molecule has 2 N–H and O–H groups in total. The third-order valence-corrected chi connectivity index (χ3v) is 3.31. The van der Waals surface area contributed by atoms with Gasteiger partial charge in [-0.2, -0.15) is 13.2 Å². The maximum absolute atomic E-state index is 12.8. The number of hydrogen-bond acceptors (Lipinski definition) is 4. The Morgan fingerprint density at radius 3 is 2.54 bits per heavy atom. The summed E-state index contributed by atoms with van der Waals surface area (Å²) < 4.78 is 38.5. The summed E-state index contributed by atoms with van der Waals surface area (Å²) in [6, 6.07) is 6.30. The van der Waals surface area contributed by atoms with Gasteiger partial charge in [-0.3, -0.25) is 4.79 Å². The number of benzene rings is 1. The third kappa shape index (κ3) is 4.58. The highest BCUT2D eigenvalue weighted by Gasteiger charge is 2.33. The van der Waals surface area contributed by atoms with E-state index in [-0.39, 0.29) is 28.1 Å². The van der Waals surface area contributed by atoms with Crippen LogP contribution >= 0.6 is 11.6 Å². The summed E-state index contributed by atoms with van der Waals surface area (Å²) in [6.45, 7) is 2.44. The second kappa shape index (κ2) is 7.48. The first kappa shape index (κ1) is 18.0. The Labute approximate surface area is 141 Å². The summed E-state index contributed by atoms with van der Waals surface area (Å²) in [4.78, 5) is 11.7. The van der Waals surface area contributed by atoms with Crippen LogP contribution in [0.25, 0.3) is 0 Å². The first-order valence-electron chi connectivity index (χ1n) is 7.07. The number of nitrogens with one attached hydrogen (secondary N) is 2. The molecule has 24 heavy (non-hydrogen) atoms. The van der Waals surface area contributed by atoms with Crippen LogP contribution in [-0.2, 0) is 6.18 Å². The molecule has 1 aromatic heterocycles. The van der Waals surface area contributed by atoms with Crippen LogP contribution in [-0.4, -0.2) is 22.6 Å². The molecule has 0 spiro atoms. The minimum Gasteiger partial charge on any atom is -0.351 e. The zero-order valence-corrected chi connectivity index (χ0v) is 13.4. The summed E-state index contributed by atoms with van der Waals surface area (Å²) in [5.41, 5.74) is -0.664. The summed E-state index contributed by atoms with van der Waals surface area (Å²) >= 11 is 5.56. The van der Waals surface area contributed by atoms with E-state index in [0.717, 1.165) is 18.6 Å². The summed E-state index contributed by atoms with van der Waals surface area (Å²) in [6.07, 6.45) is -3.77. The normalized spacial score (nSPS) is 11.2. The molecule has 1 heterocycles. The van der Waals surface area contributed by atoms with Crippen molar-refractivity contribution in [3.05, 3.63) is 46.6 Å². The Kier molecular flexibility index (Phi) is 5.61. The number of rotatable bonds is 5. The van der Waals surface area contributed by atoms with Crippen LogP contribution in [0.15, 0.2) is 30.3 Å². The van der Waals surface area contributed by atoms with E-state index in [4.69, 9.17) is 11.6 Å². The topological polar surface area (TPSA) is 66.9 Å². The third-order valence-electron chi connectivity index (χ3n) is 2.98. The van der Waals surface area contributed by atoms with E-state index in [1.807, 2.05) is 6.92 Å². The highest BCUT2D eigenvalue weighted by atomic mass is 35.5. The van der Waals surface area contributed by atoms with Gasteiger partial charge in [-0.1, -0.05) is 18.5 Å². The maximum Gasteiger partial charge on any atom is 0.417 e. The van der Waals surface area contributed by atoms with Crippen molar-refractivity contribution < 1.29 is 18.0 Å². The molecule has 2 aromatic rings. The Morgan fingerprint density at radius 1 is 1.21 bits per heavy atom. The number of nitrogens with zero attached hydrogens (tertiary/aromatic N) is 2. The fraction of sp³-hybridized carbons (Fsp3) is 0.267. The molecule has 2 rings (SSSR count). The lowest BCUT2D eigenvalue weighted by molar-refractivity contribution is -0.137. The molecule has 0 bridgehead atoms. The molecule has 0 aliphatic rings. The van der Waals surface area contributed by atoms with Gasteiger partial charge in [0.2, 0.25) is 0 Å². The average molecular weight is 359 g/mol. The predicted molar refractivity (Wildman–Crippen MR) is 84.4 cm³/mol. The second-order valence-electron chi connectivity index (χ2n) is 4.88. The fourth-order valence-corrected chi connectivity index (χ4v) is 2.04. The molecule has 1 aromatic carbocycles. The van der Waals surface area contributed by atoms with Crippen molar-refractivity contribution in [2.24, 2.45) is 0 Å². The lowest BCUT2D eigenvalue weighted by atomic mass is 10.2.